The second-order valence-corrected chi connectivity index (χ2v) is 5.61. The fraction of sp³-hybridized carbons (Fsp3) is 0.182. The highest BCUT2D eigenvalue weighted by atomic mass is 79.9. The molecule has 88 valence electrons. The van der Waals surface area contributed by atoms with E-state index in [9.17, 15) is 9.59 Å². The van der Waals surface area contributed by atoms with Gasteiger partial charge in [0, 0.05) is 22.4 Å². The molecule has 6 heteroatoms. The number of pyridine rings is 1. The van der Waals surface area contributed by atoms with Crippen LogP contribution in [0.15, 0.2) is 27.7 Å². The Labute approximate surface area is 110 Å². The second-order valence-electron chi connectivity index (χ2n) is 3.55. The van der Waals surface area contributed by atoms with Gasteiger partial charge in [0.2, 0.25) is 0 Å². The average Bonchev–Trinajstić information content (AvgIpc) is 2.73. The van der Waals surface area contributed by atoms with Crippen molar-refractivity contribution in [1.29, 1.82) is 0 Å². The summed E-state index contributed by atoms with van der Waals surface area (Å²) in [5.74, 6) is 0. The molecule has 2 aromatic rings. The minimum atomic E-state index is -0.0453. The van der Waals surface area contributed by atoms with Crippen LogP contribution in [0.4, 0.5) is 0 Å². The Morgan fingerprint density at radius 3 is 3.00 bits per heavy atom. The molecule has 4 nitrogen and oxygen atoms in total. The number of aryl methyl sites for hydroxylation is 1. The minimum absolute atomic E-state index is 0.0453. The van der Waals surface area contributed by atoms with Crippen molar-refractivity contribution in [1.82, 2.24) is 9.55 Å². The van der Waals surface area contributed by atoms with Crippen LogP contribution in [0.2, 0.25) is 0 Å². The molecule has 0 spiro atoms. The third-order valence-electron chi connectivity index (χ3n) is 2.22. The summed E-state index contributed by atoms with van der Waals surface area (Å²) in [5, 5.41) is 0.742. The molecule has 0 N–H and O–H groups in total. The van der Waals surface area contributed by atoms with Crippen LogP contribution in [0.3, 0.4) is 0 Å². The Kier molecular flexibility index (Phi) is 3.54. The van der Waals surface area contributed by atoms with Gasteiger partial charge in [-0.25, -0.2) is 4.98 Å². The first-order valence-corrected chi connectivity index (χ1v) is 6.47. The van der Waals surface area contributed by atoms with E-state index in [0.717, 1.165) is 15.8 Å². The van der Waals surface area contributed by atoms with Crippen molar-refractivity contribution >= 4 is 33.6 Å². The normalized spacial score (nSPS) is 10.5. The Morgan fingerprint density at radius 2 is 2.35 bits per heavy atom. The standard InChI is InChI=1S/C11H9BrN2O2S/c1-7-2-8(12)4-14(11(7)16)5-10-13-3-9(6-15)17-10/h2-4,6H,5H2,1H3. The molecule has 2 aromatic heterocycles. The monoisotopic (exact) mass is 312 g/mol. The van der Waals surface area contributed by atoms with Crippen LogP contribution in [0.25, 0.3) is 0 Å². The molecule has 0 aliphatic rings. The molecule has 2 rings (SSSR count). The maximum Gasteiger partial charge on any atom is 0.253 e. The number of thiazole rings is 1. The van der Waals surface area contributed by atoms with E-state index >= 15 is 0 Å². The lowest BCUT2D eigenvalue weighted by Crippen LogP contribution is -2.22. The van der Waals surface area contributed by atoms with Gasteiger partial charge in [-0.3, -0.25) is 9.59 Å². The largest absolute Gasteiger partial charge is 0.307 e. The Hall–Kier alpha value is -1.27. The number of aromatic nitrogens is 2. The number of carbonyl (C=O) groups excluding carboxylic acids is 1. The summed E-state index contributed by atoms with van der Waals surface area (Å²) in [5.41, 5.74) is 0.627. The van der Waals surface area contributed by atoms with Crippen LogP contribution in [0, 0.1) is 6.92 Å². The predicted molar refractivity (Wildman–Crippen MR) is 69.7 cm³/mol. The van der Waals surface area contributed by atoms with Crippen molar-refractivity contribution in [3.05, 3.63) is 48.7 Å². The molecular weight excluding hydrogens is 304 g/mol. The average molecular weight is 313 g/mol. The zero-order valence-corrected chi connectivity index (χ0v) is 11.4. The lowest BCUT2D eigenvalue weighted by atomic mass is 10.3. The predicted octanol–water partition coefficient (Wildman–Crippen LogP) is 2.24. The van der Waals surface area contributed by atoms with E-state index in [0.29, 0.717) is 17.0 Å². The van der Waals surface area contributed by atoms with Gasteiger partial charge in [-0.2, -0.15) is 0 Å². The summed E-state index contributed by atoms with van der Waals surface area (Å²) >= 11 is 4.64. The summed E-state index contributed by atoms with van der Waals surface area (Å²) < 4.78 is 2.43. The van der Waals surface area contributed by atoms with Crippen LogP contribution >= 0.6 is 27.3 Å². The zero-order valence-electron chi connectivity index (χ0n) is 9.01. The summed E-state index contributed by atoms with van der Waals surface area (Å²) in [6, 6.07) is 1.78. The first-order valence-electron chi connectivity index (χ1n) is 4.86. The molecule has 0 fully saturated rings. The highest BCUT2D eigenvalue weighted by Gasteiger charge is 2.06. The minimum Gasteiger partial charge on any atom is -0.307 e. The van der Waals surface area contributed by atoms with E-state index in [1.54, 1.807) is 23.8 Å². The molecule has 0 aliphatic carbocycles. The van der Waals surface area contributed by atoms with Gasteiger partial charge in [0.25, 0.3) is 5.56 Å². The summed E-state index contributed by atoms with van der Waals surface area (Å²) in [4.78, 5) is 27.1. The Morgan fingerprint density at radius 1 is 1.59 bits per heavy atom. The molecule has 2 heterocycles. The number of hydrogen-bond donors (Lipinski definition) is 0. The molecule has 0 amide bonds. The summed E-state index contributed by atoms with van der Waals surface area (Å²) in [6.45, 7) is 2.15. The van der Waals surface area contributed by atoms with E-state index in [1.807, 2.05) is 0 Å². The molecular formula is C11H9BrN2O2S. The molecule has 0 aromatic carbocycles. The second kappa shape index (κ2) is 4.93. The summed E-state index contributed by atoms with van der Waals surface area (Å²) in [7, 11) is 0. The fourth-order valence-electron chi connectivity index (χ4n) is 1.45. The Balaban J connectivity index is 2.35. The third kappa shape index (κ3) is 2.70. The van der Waals surface area contributed by atoms with Gasteiger partial charge in [-0.1, -0.05) is 0 Å². The number of aldehydes is 1. The SMILES string of the molecule is Cc1cc(Br)cn(Cc2ncc(C=O)s2)c1=O. The van der Waals surface area contributed by atoms with Crippen LogP contribution < -0.4 is 5.56 Å². The van der Waals surface area contributed by atoms with E-state index in [4.69, 9.17) is 0 Å². The van der Waals surface area contributed by atoms with Crippen LogP contribution in [-0.2, 0) is 6.54 Å². The van der Waals surface area contributed by atoms with Gasteiger partial charge < -0.3 is 4.57 Å². The number of hydrogen-bond acceptors (Lipinski definition) is 4. The van der Waals surface area contributed by atoms with Crippen molar-refractivity contribution in [3.63, 3.8) is 0 Å². The van der Waals surface area contributed by atoms with Crippen molar-refractivity contribution in [2.24, 2.45) is 0 Å². The lowest BCUT2D eigenvalue weighted by molar-refractivity contribution is 0.112. The molecule has 0 saturated heterocycles. The molecule has 0 radical (unpaired) electrons. The van der Waals surface area contributed by atoms with Gasteiger partial charge in [0.05, 0.1) is 11.4 Å². The molecule has 0 unspecified atom stereocenters. The zero-order chi connectivity index (χ0) is 12.4. The first kappa shape index (κ1) is 12.2. The number of rotatable bonds is 3. The lowest BCUT2D eigenvalue weighted by Gasteiger charge is -2.05. The number of carbonyl (C=O) groups is 1. The van der Waals surface area contributed by atoms with Gasteiger partial charge in [0.15, 0.2) is 6.29 Å². The van der Waals surface area contributed by atoms with Gasteiger partial charge in [0.1, 0.15) is 5.01 Å². The van der Waals surface area contributed by atoms with E-state index in [2.05, 4.69) is 20.9 Å². The topological polar surface area (TPSA) is 52.0 Å². The smallest absolute Gasteiger partial charge is 0.253 e. The number of halogens is 1. The first-order chi connectivity index (χ1) is 8.10. The molecule has 0 aliphatic heterocycles. The van der Waals surface area contributed by atoms with Crippen LogP contribution in [0.5, 0.6) is 0 Å². The van der Waals surface area contributed by atoms with Gasteiger partial charge >= 0.3 is 0 Å². The molecule has 0 saturated carbocycles. The maximum atomic E-state index is 11.9. The molecule has 0 atom stereocenters. The van der Waals surface area contributed by atoms with E-state index < -0.39 is 0 Å². The highest BCUT2D eigenvalue weighted by molar-refractivity contribution is 9.10. The highest BCUT2D eigenvalue weighted by Crippen LogP contribution is 2.13. The summed E-state index contributed by atoms with van der Waals surface area (Å²) in [6.07, 6.45) is 4.00. The number of nitrogens with zero attached hydrogens (tertiary/aromatic N) is 2. The quantitative estimate of drug-likeness (QED) is 0.817. The van der Waals surface area contributed by atoms with Crippen LogP contribution in [0.1, 0.15) is 20.2 Å². The van der Waals surface area contributed by atoms with E-state index in [-0.39, 0.29) is 5.56 Å². The van der Waals surface area contributed by atoms with Crippen molar-refractivity contribution < 1.29 is 4.79 Å². The molecule has 17 heavy (non-hydrogen) atoms. The Bertz CT molecular complexity index is 618. The van der Waals surface area contributed by atoms with Crippen molar-refractivity contribution in [3.8, 4) is 0 Å². The molecule has 0 bridgehead atoms. The maximum absolute atomic E-state index is 11.9. The van der Waals surface area contributed by atoms with Crippen molar-refractivity contribution in [2.45, 2.75) is 13.5 Å². The van der Waals surface area contributed by atoms with Gasteiger partial charge in [-0.05, 0) is 28.9 Å². The van der Waals surface area contributed by atoms with Crippen LogP contribution in [-0.4, -0.2) is 15.8 Å². The fourth-order valence-corrected chi connectivity index (χ4v) is 2.78. The van der Waals surface area contributed by atoms with E-state index in [1.165, 1.54) is 17.5 Å². The van der Waals surface area contributed by atoms with Gasteiger partial charge in [-0.15, -0.1) is 11.3 Å². The van der Waals surface area contributed by atoms with Crippen molar-refractivity contribution in [2.75, 3.05) is 0 Å². The third-order valence-corrected chi connectivity index (χ3v) is 3.57.